The number of benzene rings is 1. The maximum atomic E-state index is 11.6. The number of carbonyl (C=O) groups excluding carboxylic acids is 1. The van der Waals surface area contributed by atoms with Crippen LogP contribution in [0, 0.1) is 0 Å². The second-order valence-corrected chi connectivity index (χ2v) is 4.85. The summed E-state index contributed by atoms with van der Waals surface area (Å²) in [6.07, 6.45) is 4.35. The molecule has 0 fully saturated rings. The van der Waals surface area contributed by atoms with Gasteiger partial charge in [0.1, 0.15) is 5.75 Å². The second-order valence-electron chi connectivity index (χ2n) is 4.85. The third-order valence-corrected chi connectivity index (χ3v) is 2.64. The number of amides is 1. The van der Waals surface area contributed by atoms with E-state index in [-0.39, 0.29) is 5.91 Å². The largest absolute Gasteiger partial charge is 0.494 e. The molecule has 0 aliphatic heterocycles. The van der Waals surface area contributed by atoms with Crippen molar-refractivity contribution in [1.29, 1.82) is 0 Å². The van der Waals surface area contributed by atoms with Gasteiger partial charge in [0, 0.05) is 19.2 Å². The summed E-state index contributed by atoms with van der Waals surface area (Å²) in [4.78, 5) is 13.6. The van der Waals surface area contributed by atoms with Gasteiger partial charge in [0.05, 0.1) is 6.61 Å². The fourth-order valence-corrected chi connectivity index (χ4v) is 1.53. The van der Waals surface area contributed by atoms with Crippen LogP contribution in [-0.4, -0.2) is 44.6 Å². The van der Waals surface area contributed by atoms with Crippen LogP contribution in [-0.2, 0) is 4.79 Å². The molecule has 4 heteroatoms. The first kappa shape index (κ1) is 16.2. The van der Waals surface area contributed by atoms with Gasteiger partial charge < -0.3 is 15.0 Å². The molecule has 0 saturated heterocycles. The molecule has 0 heterocycles. The fourth-order valence-electron chi connectivity index (χ4n) is 1.53. The van der Waals surface area contributed by atoms with Crippen LogP contribution in [0.4, 0.5) is 0 Å². The van der Waals surface area contributed by atoms with E-state index in [0.717, 1.165) is 30.9 Å². The maximum Gasteiger partial charge on any atom is 0.244 e. The molecule has 1 aromatic rings. The quantitative estimate of drug-likeness (QED) is 0.740. The minimum atomic E-state index is -0.0711. The molecular weight excluding hydrogens is 252 g/mol. The third kappa shape index (κ3) is 6.95. The van der Waals surface area contributed by atoms with Gasteiger partial charge in [0.15, 0.2) is 0 Å². The van der Waals surface area contributed by atoms with Crippen molar-refractivity contribution in [3.05, 3.63) is 35.9 Å². The molecule has 0 aromatic heterocycles. The zero-order valence-corrected chi connectivity index (χ0v) is 12.6. The van der Waals surface area contributed by atoms with Crippen LogP contribution in [0.1, 0.15) is 18.9 Å². The number of carbonyl (C=O) groups is 1. The van der Waals surface area contributed by atoms with E-state index in [9.17, 15) is 4.79 Å². The lowest BCUT2D eigenvalue weighted by Crippen LogP contribution is -2.30. The van der Waals surface area contributed by atoms with Crippen LogP contribution in [0.25, 0.3) is 6.08 Å². The van der Waals surface area contributed by atoms with Crippen molar-refractivity contribution < 1.29 is 9.53 Å². The highest BCUT2D eigenvalue weighted by Crippen LogP contribution is 2.13. The van der Waals surface area contributed by atoms with Gasteiger partial charge in [-0.05, 0) is 44.3 Å². The van der Waals surface area contributed by atoms with Crippen molar-refractivity contribution in [2.45, 2.75) is 13.3 Å². The predicted octanol–water partition coefficient (Wildman–Crippen LogP) is 2.17. The van der Waals surface area contributed by atoms with Crippen LogP contribution in [0.3, 0.4) is 0 Å². The Bertz CT molecular complexity index is 425. The average Bonchev–Trinajstić information content (AvgIpc) is 2.43. The van der Waals surface area contributed by atoms with E-state index in [4.69, 9.17) is 4.74 Å². The summed E-state index contributed by atoms with van der Waals surface area (Å²) in [5, 5.41) is 2.83. The first-order valence-corrected chi connectivity index (χ1v) is 6.95. The summed E-state index contributed by atoms with van der Waals surface area (Å²) in [6, 6.07) is 7.71. The molecule has 0 spiro atoms. The minimum Gasteiger partial charge on any atom is -0.494 e. The third-order valence-electron chi connectivity index (χ3n) is 2.64. The van der Waals surface area contributed by atoms with Gasteiger partial charge in [-0.1, -0.05) is 19.1 Å². The molecule has 0 saturated carbocycles. The molecule has 1 N–H and O–H groups in total. The Hall–Kier alpha value is -1.81. The lowest BCUT2D eigenvalue weighted by Gasteiger charge is -2.08. The Labute approximate surface area is 121 Å². The number of ether oxygens (including phenoxy) is 1. The van der Waals surface area contributed by atoms with E-state index in [1.807, 2.05) is 43.3 Å². The van der Waals surface area contributed by atoms with Crippen LogP contribution in [0.2, 0.25) is 0 Å². The summed E-state index contributed by atoms with van der Waals surface area (Å²) in [6.45, 7) is 4.29. The van der Waals surface area contributed by atoms with Gasteiger partial charge in [0.2, 0.25) is 5.91 Å². The number of nitrogens with zero attached hydrogens (tertiary/aromatic N) is 1. The molecule has 0 atom stereocenters. The molecule has 1 amide bonds. The standard InChI is InChI=1S/C16H24N2O2/c1-4-13-20-15-8-5-14(6-9-15)7-10-16(19)17-11-12-18(2)3/h5-10H,4,11-13H2,1-3H3,(H,17,19)/b10-7+. The Morgan fingerprint density at radius 3 is 2.60 bits per heavy atom. The predicted molar refractivity (Wildman–Crippen MR) is 82.8 cm³/mol. The first-order valence-electron chi connectivity index (χ1n) is 6.95. The second kappa shape index (κ2) is 9.15. The Kier molecular flexibility index (Phi) is 7.43. The van der Waals surface area contributed by atoms with Gasteiger partial charge in [0.25, 0.3) is 0 Å². The zero-order chi connectivity index (χ0) is 14.8. The van der Waals surface area contributed by atoms with E-state index in [0.29, 0.717) is 6.54 Å². The Morgan fingerprint density at radius 1 is 1.30 bits per heavy atom. The smallest absolute Gasteiger partial charge is 0.244 e. The molecule has 1 aromatic carbocycles. The van der Waals surface area contributed by atoms with Crippen LogP contribution < -0.4 is 10.1 Å². The Morgan fingerprint density at radius 2 is 2.00 bits per heavy atom. The van der Waals surface area contributed by atoms with E-state index in [2.05, 4.69) is 12.2 Å². The normalized spacial score (nSPS) is 11.0. The van der Waals surface area contributed by atoms with Gasteiger partial charge >= 0.3 is 0 Å². The van der Waals surface area contributed by atoms with E-state index in [1.165, 1.54) is 0 Å². The molecular formula is C16H24N2O2. The summed E-state index contributed by atoms with van der Waals surface area (Å²) < 4.78 is 5.50. The van der Waals surface area contributed by atoms with Crippen molar-refractivity contribution in [1.82, 2.24) is 10.2 Å². The van der Waals surface area contributed by atoms with E-state index < -0.39 is 0 Å². The van der Waals surface area contributed by atoms with Gasteiger partial charge in [-0.25, -0.2) is 0 Å². The van der Waals surface area contributed by atoms with Gasteiger partial charge in [-0.3, -0.25) is 4.79 Å². The highest BCUT2D eigenvalue weighted by molar-refractivity contribution is 5.91. The van der Waals surface area contributed by atoms with Crippen molar-refractivity contribution >= 4 is 12.0 Å². The molecule has 0 bridgehead atoms. The van der Waals surface area contributed by atoms with Crippen molar-refractivity contribution in [2.75, 3.05) is 33.8 Å². The zero-order valence-electron chi connectivity index (χ0n) is 12.6. The summed E-state index contributed by atoms with van der Waals surface area (Å²) >= 11 is 0. The number of nitrogens with one attached hydrogen (secondary N) is 1. The Balaban J connectivity index is 2.39. The highest BCUT2D eigenvalue weighted by Gasteiger charge is 1.96. The van der Waals surface area contributed by atoms with Crippen LogP contribution in [0.5, 0.6) is 5.75 Å². The summed E-state index contributed by atoms with van der Waals surface area (Å²) in [5.41, 5.74) is 0.983. The van der Waals surface area contributed by atoms with E-state index >= 15 is 0 Å². The number of likely N-dealkylation sites (N-methyl/N-ethyl adjacent to an activating group) is 1. The molecule has 0 radical (unpaired) electrons. The molecule has 0 aliphatic carbocycles. The first-order chi connectivity index (χ1) is 9.61. The fraction of sp³-hybridized carbons (Fsp3) is 0.438. The molecule has 0 unspecified atom stereocenters. The van der Waals surface area contributed by atoms with Gasteiger partial charge in [-0.2, -0.15) is 0 Å². The summed E-state index contributed by atoms with van der Waals surface area (Å²) in [5.74, 6) is 0.789. The van der Waals surface area contributed by atoms with E-state index in [1.54, 1.807) is 12.2 Å². The molecule has 110 valence electrons. The topological polar surface area (TPSA) is 41.6 Å². The average molecular weight is 276 g/mol. The van der Waals surface area contributed by atoms with Crippen molar-refractivity contribution in [3.63, 3.8) is 0 Å². The van der Waals surface area contributed by atoms with Crippen LogP contribution >= 0.6 is 0 Å². The maximum absolute atomic E-state index is 11.6. The SMILES string of the molecule is CCCOc1ccc(/C=C/C(=O)NCCN(C)C)cc1. The lowest BCUT2D eigenvalue weighted by molar-refractivity contribution is -0.116. The molecule has 4 nitrogen and oxygen atoms in total. The van der Waals surface area contributed by atoms with Crippen LogP contribution in [0.15, 0.2) is 30.3 Å². The lowest BCUT2D eigenvalue weighted by atomic mass is 10.2. The number of rotatable bonds is 8. The monoisotopic (exact) mass is 276 g/mol. The number of hydrogen-bond donors (Lipinski definition) is 1. The summed E-state index contributed by atoms with van der Waals surface area (Å²) in [7, 11) is 3.95. The highest BCUT2D eigenvalue weighted by atomic mass is 16.5. The van der Waals surface area contributed by atoms with Crippen molar-refractivity contribution in [2.24, 2.45) is 0 Å². The minimum absolute atomic E-state index is 0.0711. The van der Waals surface area contributed by atoms with Gasteiger partial charge in [-0.15, -0.1) is 0 Å². The molecule has 20 heavy (non-hydrogen) atoms. The van der Waals surface area contributed by atoms with Crippen molar-refractivity contribution in [3.8, 4) is 5.75 Å². The number of hydrogen-bond acceptors (Lipinski definition) is 3. The molecule has 0 aliphatic rings. The molecule has 1 rings (SSSR count).